The molecule has 2 fully saturated rings. The number of benzene rings is 2. The Bertz CT molecular complexity index is 1030. The van der Waals surface area contributed by atoms with Crippen LogP contribution in [0.5, 0.6) is 0 Å². The first-order valence-corrected chi connectivity index (χ1v) is 10.8. The minimum Gasteiger partial charge on any atom is -0.355 e. The summed E-state index contributed by atoms with van der Waals surface area (Å²) in [4.78, 5) is 27.1. The average Bonchev–Trinajstić information content (AvgIpc) is 3.05. The molecule has 8 heteroatoms. The maximum atomic E-state index is 14.1. The molecule has 3 atom stereocenters. The van der Waals surface area contributed by atoms with Crippen LogP contribution in [0.15, 0.2) is 36.4 Å². The molecule has 0 saturated carbocycles. The van der Waals surface area contributed by atoms with E-state index in [0.29, 0.717) is 30.0 Å². The number of hydrogen-bond acceptors (Lipinski definition) is 3. The minimum absolute atomic E-state index is 0.00996. The van der Waals surface area contributed by atoms with Gasteiger partial charge in [-0.3, -0.25) is 9.59 Å². The number of piperidine rings is 1. The molecule has 170 valence electrons. The largest absolute Gasteiger partial charge is 0.355 e. The molecular weight excluding hydrogens is 419 g/mol. The third-order valence-corrected chi connectivity index (χ3v) is 6.75. The molecule has 2 saturated heterocycles. The van der Waals surface area contributed by atoms with Gasteiger partial charge in [0.25, 0.3) is 11.8 Å². The number of halogens is 3. The highest BCUT2D eigenvalue weighted by Crippen LogP contribution is 2.41. The van der Waals surface area contributed by atoms with Gasteiger partial charge in [0.1, 0.15) is 5.82 Å². The number of rotatable bonds is 5. The van der Waals surface area contributed by atoms with Gasteiger partial charge in [-0.05, 0) is 67.9 Å². The molecule has 0 spiro atoms. The lowest BCUT2D eigenvalue weighted by molar-refractivity contribution is 0.0500. The van der Waals surface area contributed by atoms with Gasteiger partial charge >= 0.3 is 0 Å². The molecular formula is C24H26F3N3O2. The smallest absolute Gasteiger partial charge is 0.254 e. The lowest BCUT2D eigenvalue weighted by atomic mass is 9.82. The van der Waals surface area contributed by atoms with E-state index in [2.05, 4.69) is 5.32 Å². The van der Waals surface area contributed by atoms with Gasteiger partial charge in [-0.2, -0.15) is 0 Å². The average molecular weight is 445 g/mol. The fourth-order valence-corrected chi connectivity index (χ4v) is 5.13. The topological polar surface area (TPSA) is 75.4 Å². The lowest BCUT2D eigenvalue weighted by Gasteiger charge is -2.41. The highest BCUT2D eigenvalue weighted by atomic mass is 19.2. The van der Waals surface area contributed by atoms with Crippen LogP contribution in [0.3, 0.4) is 0 Å². The minimum atomic E-state index is -1.22. The molecule has 2 heterocycles. The zero-order chi connectivity index (χ0) is 23.0. The van der Waals surface area contributed by atoms with Crippen molar-refractivity contribution in [2.75, 3.05) is 7.05 Å². The molecule has 32 heavy (non-hydrogen) atoms. The first-order chi connectivity index (χ1) is 15.3. The van der Waals surface area contributed by atoms with Crippen molar-refractivity contribution in [3.8, 4) is 0 Å². The molecule has 2 aromatic carbocycles. The monoisotopic (exact) mass is 445 g/mol. The Kier molecular flexibility index (Phi) is 6.24. The number of nitrogens with one attached hydrogen (secondary N) is 1. The van der Waals surface area contributed by atoms with Crippen LogP contribution in [0, 0.1) is 23.4 Å². The molecule has 2 aliphatic rings. The van der Waals surface area contributed by atoms with Gasteiger partial charge in [0.05, 0.1) is 0 Å². The van der Waals surface area contributed by atoms with E-state index in [0.717, 1.165) is 18.9 Å². The van der Waals surface area contributed by atoms with Crippen LogP contribution >= 0.6 is 0 Å². The third kappa shape index (κ3) is 4.24. The summed E-state index contributed by atoms with van der Waals surface area (Å²) in [6, 6.07) is 7.68. The van der Waals surface area contributed by atoms with Crippen molar-refractivity contribution in [3.05, 3.63) is 70.5 Å². The molecule has 0 aromatic heterocycles. The van der Waals surface area contributed by atoms with Crippen molar-refractivity contribution >= 4 is 11.8 Å². The Morgan fingerprint density at radius 1 is 1.03 bits per heavy atom. The maximum absolute atomic E-state index is 14.1. The predicted molar refractivity (Wildman–Crippen MR) is 114 cm³/mol. The van der Waals surface area contributed by atoms with Gasteiger partial charge in [0, 0.05) is 42.4 Å². The van der Waals surface area contributed by atoms with E-state index in [-0.39, 0.29) is 41.8 Å². The van der Waals surface area contributed by atoms with Crippen molar-refractivity contribution in [2.45, 2.75) is 50.2 Å². The quantitative estimate of drug-likeness (QED) is 0.693. The van der Waals surface area contributed by atoms with E-state index in [1.165, 1.54) is 7.05 Å². The van der Waals surface area contributed by atoms with E-state index < -0.39 is 23.5 Å². The Hall–Kier alpha value is -2.87. The summed E-state index contributed by atoms with van der Waals surface area (Å²) in [5.41, 5.74) is 7.32. The summed E-state index contributed by atoms with van der Waals surface area (Å²) in [5, 5.41) is 2.56. The predicted octanol–water partition coefficient (Wildman–Crippen LogP) is 3.42. The van der Waals surface area contributed by atoms with Gasteiger partial charge in [0.15, 0.2) is 11.6 Å². The SMILES string of the molecule is CNC(=O)c1cccc(C(=O)N2C3CCC2CC(C(N)Cc2cc(F)c(F)cc2F)C3)c1. The van der Waals surface area contributed by atoms with Gasteiger partial charge < -0.3 is 16.0 Å². The first kappa shape index (κ1) is 22.3. The first-order valence-electron chi connectivity index (χ1n) is 10.8. The zero-order valence-corrected chi connectivity index (χ0v) is 17.8. The van der Waals surface area contributed by atoms with E-state index in [1.807, 2.05) is 4.90 Å². The maximum Gasteiger partial charge on any atom is 0.254 e. The van der Waals surface area contributed by atoms with E-state index >= 15 is 0 Å². The number of amides is 2. The summed E-state index contributed by atoms with van der Waals surface area (Å²) in [5.74, 6) is -3.43. The summed E-state index contributed by atoms with van der Waals surface area (Å²) in [6.07, 6.45) is 3.16. The molecule has 3 N–H and O–H groups in total. The van der Waals surface area contributed by atoms with Gasteiger partial charge in [0.2, 0.25) is 0 Å². The van der Waals surface area contributed by atoms with Crippen molar-refractivity contribution < 1.29 is 22.8 Å². The summed E-state index contributed by atoms with van der Waals surface area (Å²) >= 11 is 0. The fourth-order valence-electron chi connectivity index (χ4n) is 5.13. The Labute approximate surface area is 184 Å². The van der Waals surface area contributed by atoms with Crippen molar-refractivity contribution in [3.63, 3.8) is 0 Å². The molecule has 4 rings (SSSR count). The summed E-state index contributed by atoms with van der Waals surface area (Å²) in [6.45, 7) is 0. The molecule has 2 bridgehead atoms. The Morgan fingerprint density at radius 2 is 1.66 bits per heavy atom. The third-order valence-electron chi connectivity index (χ3n) is 6.75. The van der Waals surface area contributed by atoms with E-state index in [9.17, 15) is 22.8 Å². The Balaban J connectivity index is 1.46. The zero-order valence-electron chi connectivity index (χ0n) is 17.8. The van der Waals surface area contributed by atoms with Gasteiger partial charge in [-0.25, -0.2) is 13.2 Å². The number of carbonyl (C=O) groups is 2. The van der Waals surface area contributed by atoms with Crippen LogP contribution < -0.4 is 11.1 Å². The molecule has 2 aliphatic heterocycles. The second kappa shape index (κ2) is 8.94. The van der Waals surface area contributed by atoms with Crippen LogP contribution in [0.4, 0.5) is 13.2 Å². The van der Waals surface area contributed by atoms with Crippen LogP contribution in [-0.2, 0) is 6.42 Å². The van der Waals surface area contributed by atoms with Gasteiger partial charge in [-0.1, -0.05) is 6.07 Å². The Morgan fingerprint density at radius 3 is 2.31 bits per heavy atom. The number of nitrogens with two attached hydrogens (primary N) is 1. The number of fused-ring (bicyclic) bond motifs is 2. The van der Waals surface area contributed by atoms with Crippen molar-refractivity contribution in [1.29, 1.82) is 0 Å². The second-order valence-electron chi connectivity index (χ2n) is 8.71. The fraction of sp³-hybridized carbons (Fsp3) is 0.417. The number of hydrogen-bond donors (Lipinski definition) is 2. The van der Waals surface area contributed by atoms with Crippen LogP contribution in [0.2, 0.25) is 0 Å². The lowest BCUT2D eigenvalue weighted by Crippen LogP contribution is -2.50. The summed E-state index contributed by atoms with van der Waals surface area (Å²) in [7, 11) is 1.54. The molecule has 5 nitrogen and oxygen atoms in total. The van der Waals surface area contributed by atoms with Gasteiger partial charge in [-0.15, -0.1) is 0 Å². The van der Waals surface area contributed by atoms with Crippen LogP contribution in [0.1, 0.15) is 52.0 Å². The van der Waals surface area contributed by atoms with Crippen molar-refractivity contribution in [1.82, 2.24) is 10.2 Å². The number of nitrogens with zero attached hydrogens (tertiary/aromatic N) is 1. The second-order valence-corrected chi connectivity index (χ2v) is 8.71. The van der Waals surface area contributed by atoms with E-state index in [1.54, 1.807) is 24.3 Å². The normalized spacial score (nSPS) is 23.2. The molecule has 3 unspecified atom stereocenters. The van der Waals surface area contributed by atoms with E-state index in [4.69, 9.17) is 5.73 Å². The van der Waals surface area contributed by atoms with Crippen LogP contribution in [0.25, 0.3) is 0 Å². The highest BCUT2D eigenvalue weighted by molar-refractivity contribution is 5.99. The molecule has 2 amide bonds. The highest BCUT2D eigenvalue weighted by Gasteiger charge is 2.44. The number of carbonyl (C=O) groups excluding carboxylic acids is 2. The van der Waals surface area contributed by atoms with Crippen molar-refractivity contribution in [2.24, 2.45) is 11.7 Å². The van der Waals surface area contributed by atoms with Crippen LogP contribution in [-0.4, -0.2) is 41.9 Å². The molecule has 0 radical (unpaired) electrons. The summed E-state index contributed by atoms with van der Waals surface area (Å²) < 4.78 is 40.8. The molecule has 2 aromatic rings. The standard InChI is InChI=1S/C24H26F3N3O2/c1-29-23(31)13-3-2-4-14(7-13)24(32)30-17-5-6-18(30)9-16(8-17)22(28)11-15-10-20(26)21(27)12-19(15)25/h2-4,7,10,12,16-18,22H,5-6,8-9,11,28H2,1H3,(H,29,31). The molecule has 0 aliphatic carbocycles.